The number of hydrogen-bond acceptors (Lipinski definition) is 4. The highest BCUT2D eigenvalue weighted by molar-refractivity contribution is 5.78. The summed E-state index contributed by atoms with van der Waals surface area (Å²) in [6.45, 7) is 1.17. The fourth-order valence-corrected chi connectivity index (χ4v) is 2.31. The molecule has 17 heavy (non-hydrogen) atoms. The molecule has 3 N–H and O–H groups in total. The largest absolute Gasteiger partial charge is 0.360 e. The van der Waals surface area contributed by atoms with E-state index in [2.05, 4.69) is 10.5 Å². The molecule has 5 heteroatoms. The van der Waals surface area contributed by atoms with Crippen LogP contribution in [0.4, 0.5) is 0 Å². The molecule has 1 fully saturated rings. The summed E-state index contributed by atoms with van der Waals surface area (Å²) >= 11 is 0. The number of carbonyl (C=O) groups excluding carboxylic acids is 1. The summed E-state index contributed by atoms with van der Waals surface area (Å²) in [4.78, 5) is 11.9. The van der Waals surface area contributed by atoms with Crippen LogP contribution < -0.4 is 11.1 Å². The quantitative estimate of drug-likeness (QED) is 0.820. The minimum atomic E-state index is 0.122. The lowest BCUT2D eigenvalue weighted by atomic mass is 9.81. The van der Waals surface area contributed by atoms with E-state index < -0.39 is 0 Å². The number of nitrogens with two attached hydrogens (primary N) is 1. The number of aromatic nitrogens is 1. The van der Waals surface area contributed by atoms with Gasteiger partial charge in [-0.25, -0.2) is 0 Å². The van der Waals surface area contributed by atoms with Gasteiger partial charge in [0, 0.05) is 12.0 Å². The smallest absolute Gasteiger partial charge is 0.223 e. The topological polar surface area (TPSA) is 81.2 Å². The minimum Gasteiger partial charge on any atom is -0.360 e. The number of hydrogen-bond donors (Lipinski definition) is 2. The van der Waals surface area contributed by atoms with Gasteiger partial charge in [0.15, 0.2) is 5.76 Å². The highest BCUT2D eigenvalue weighted by Gasteiger charge is 2.25. The van der Waals surface area contributed by atoms with Gasteiger partial charge in [-0.3, -0.25) is 4.79 Å². The first-order valence-electron chi connectivity index (χ1n) is 6.17. The van der Waals surface area contributed by atoms with Gasteiger partial charge >= 0.3 is 0 Å². The molecule has 1 aromatic heterocycles. The molecule has 2 rings (SSSR count). The highest BCUT2D eigenvalue weighted by atomic mass is 16.5. The summed E-state index contributed by atoms with van der Waals surface area (Å²) in [5, 5.41) is 6.48. The van der Waals surface area contributed by atoms with Crippen LogP contribution in [0.15, 0.2) is 16.8 Å². The van der Waals surface area contributed by atoms with Gasteiger partial charge in [0.05, 0.1) is 12.7 Å². The van der Waals surface area contributed by atoms with E-state index in [1.54, 1.807) is 12.3 Å². The van der Waals surface area contributed by atoms with Crippen LogP contribution in [0.3, 0.4) is 0 Å². The summed E-state index contributed by atoms with van der Waals surface area (Å²) in [7, 11) is 0. The Hall–Kier alpha value is -1.36. The van der Waals surface area contributed by atoms with Crippen molar-refractivity contribution in [3.8, 4) is 0 Å². The van der Waals surface area contributed by atoms with Gasteiger partial charge in [-0.05, 0) is 38.1 Å². The third kappa shape index (κ3) is 3.30. The first-order chi connectivity index (χ1) is 8.29. The van der Waals surface area contributed by atoms with Crippen molar-refractivity contribution in [2.45, 2.75) is 32.2 Å². The van der Waals surface area contributed by atoms with E-state index in [1.165, 1.54) is 0 Å². The van der Waals surface area contributed by atoms with Crippen LogP contribution in [-0.2, 0) is 11.3 Å². The van der Waals surface area contributed by atoms with Crippen LogP contribution in [0.1, 0.15) is 31.4 Å². The summed E-state index contributed by atoms with van der Waals surface area (Å²) in [6.07, 6.45) is 5.61. The number of amides is 1. The zero-order chi connectivity index (χ0) is 12.1. The molecule has 0 spiro atoms. The molecule has 1 aliphatic carbocycles. The second-order valence-electron chi connectivity index (χ2n) is 4.65. The Balaban J connectivity index is 1.73. The third-order valence-electron chi connectivity index (χ3n) is 3.48. The van der Waals surface area contributed by atoms with E-state index in [-0.39, 0.29) is 11.8 Å². The average Bonchev–Trinajstić information content (AvgIpc) is 2.89. The van der Waals surface area contributed by atoms with E-state index >= 15 is 0 Å². The van der Waals surface area contributed by atoms with Gasteiger partial charge < -0.3 is 15.6 Å². The van der Waals surface area contributed by atoms with Crippen LogP contribution >= 0.6 is 0 Å². The molecule has 1 aromatic rings. The Morgan fingerprint density at radius 3 is 2.82 bits per heavy atom. The van der Waals surface area contributed by atoms with Crippen molar-refractivity contribution in [3.63, 3.8) is 0 Å². The van der Waals surface area contributed by atoms with E-state index in [0.29, 0.717) is 18.2 Å². The molecule has 0 unspecified atom stereocenters. The van der Waals surface area contributed by atoms with E-state index in [0.717, 1.165) is 32.2 Å². The SMILES string of the molecule is NCC1CCC(C(=O)NCc2ccno2)CC1. The van der Waals surface area contributed by atoms with Crippen molar-refractivity contribution in [2.24, 2.45) is 17.6 Å². The van der Waals surface area contributed by atoms with Crippen LogP contribution in [0.5, 0.6) is 0 Å². The zero-order valence-corrected chi connectivity index (χ0v) is 9.89. The van der Waals surface area contributed by atoms with Gasteiger partial charge in [0.1, 0.15) is 0 Å². The van der Waals surface area contributed by atoms with Crippen LogP contribution in [0.2, 0.25) is 0 Å². The van der Waals surface area contributed by atoms with Crippen LogP contribution in [0.25, 0.3) is 0 Å². The van der Waals surface area contributed by atoms with E-state index in [4.69, 9.17) is 10.3 Å². The molecule has 0 atom stereocenters. The Kier molecular flexibility index (Phi) is 4.14. The first-order valence-corrected chi connectivity index (χ1v) is 6.17. The van der Waals surface area contributed by atoms with Crippen LogP contribution in [-0.4, -0.2) is 17.6 Å². The van der Waals surface area contributed by atoms with Gasteiger partial charge in [0.2, 0.25) is 5.91 Å². The second-order valence-corrected chi connectivity index (χ2v) is 4.65. The summed E-state index contributed by atoms with van der Waals surface area (Å²) in [6, 6.07) is 1.76. The lowest BCUT2D eigenvalue weighted by molar-refractivity contribution is -0.126. The van der Waals surface area contributed by atoms with Gasteiger partial charge in [-0.2, -0.15) is 0 Å². The van der Waals surface area contributed by atoms with Crippen molar-refractivity contribution in [3.05, 3.63) is 18.0 Å². The monoisotopic (exact) mass is 237 g/mol. The van der Waals surface area contributed by atoms with E-state index in [1.807, 2.05) is 0 Å². The maximum atomic E-state index is 11.9. The van der Waals surface area contributed by atoms with Gasteiger partial charge in [0.25, 0.3) is 0 Å². The highest BCUT2D eigenvalue weighted by Crippen LogP contribution is 2.28. The normalized spacial score (nSPS) is 24.5. The minimum absolute atomic E-state index is 0.122. The number of nitrogens with one attached hydrogen (secondary N) is 1. The maximum Gasteiger partial charge on any atom is 0.223 e. The first kappa shape index (κ1) is 12.1. The lowest BCUT2D eigenvalue weighted by Gasteiger charge is -2.26. The molecular weight excluding hydrogens is 218 g/mol. The Labute approximate surface area is 101 Å². The molecule has 0 aromatic carbocycles. The molecule has 1 saturated carbocycles. The van der Waals surface area contributed by atoms with Crippen LogP contribution in [0, 0.1) is 11.8 Å². The second kappa shape index (κ2) is 5.82. The van der Waals surface area contributed by atoms with Crippen molar-refractivity contribution in [1.29, 1.82) is 0 Å². The number of carbonyl (C=O) groups is 1. The third-order valence-corrected chi connectivity index (χ3v) is 3.48. The van der Waals surface area contributed by atoms with Crippen molar-refractivity contribution in [2.75, 3.05) is 6.54 Å². The fourth-order valence-electron chi connectivity index (χ4n) is 2.31. The molecule has 0 saturated heterocycles. The molecule has 1 aliphatic rings. The Morgan fingerprint density at radius 2 is 2.24 bits per heavy atom. The summed E-state index contributed by atoms with van der Waals surface area (Å²) in [5.41, 5.74) is 5.63. The molecule has 0 radical (unpaired) electrons. The zero-order valence-electron chi connectivity index (χ0n) is 9.89. The molecule has 94 valence electrons. The Bertz CT molecular complexity index is 343. The van der Waals surface area contributed by atoms with Crippen molar-refractivity contribution >= 4 is 5.91 Å². The summed E-state index contributed by atoms with van der Waals surface area (Å²) in [5.74, 6) is 1.56. The number of nitrogens with zero attached hydrogens (tertiary/aromatic N) is 1. The molecule has 0 aliphatic heterocycles. The van der Waals surface area contributed by atoms with Gasteiger partial charge in [-0.15, -0.1) is 0 Å². The van der Waals surface area contributed by atoms with Gasteiger partial charge in [-0.1, -0.05) is 5.16 Å². The number of rotatable bonds is 4. The van der Waals surface area contributed by atoms with Crippen molar-refractivity contribution < 1.29 is 9.32 Å². The predicted molar refractivity (Wildman–Crippen MR) is 62.9 cm³/mol. The summed E-state index contributed by atoms with van der Waals surface area (Å²) < 4.78 is 4.92. The molecule has 1 amide bonds. The van der Waals surface area contributed by atoms with Crippen molar-refractivity contribution in [1.82, 2.24) is 10.5 Å². The maximum absolute atomic E-state index is 11.9. The lowest BCUT2D eigenvalue weighted by Crippen LogP contribution is -2.33. The molecule has 5 nitrogen and oxygen atoms in total. The molecule has 0 bridgehead atoms. The molecule has 1 heterocycles. The average molecular weight is 237 g/mol. The standard InChI is InChI=1S/C12H19N3O2/c13-7-9-1-3-10(4-2-9)12(16)14-8-11-5-6-15-17-11/h5-6,9-10H,1-4,7-8,13H2,(H,14,16). The Morgan fingerprint density at radius 1 is 1.47 bits per heavy atom. The molecular formula is C12H19N3O2. The van der Waals surface area contributed by atoms with E-state index in [9.17, 15) is 4.79 Å². The fraction of sp³-hybridized carbons (Fsp3) is 0.667. The predicted octanol–water partition coefficient (Wildman–Crippen LogP) is 1.06.